The fourth-order valence-corrected chi connectivity index (χ4v) is 2.31. The SMILES string of the molecule is Cc1ccccc1NC(=O)Cn1ccc(CNC2CC2)c1. The van der Waals surface area contributed by atoms with Gasteiger partial charge in [-0.3, -0.25) is 4.79 Å². The number of amides is 1. The summed E-state index contributed by atoms with van der Waals surface area (Å²) in [6.07, 6.45) is 6.58. The van der Waals surface area contributed by atoms with Gasteiger partial charge in [-0.2, -0.15) is 0 Å². The lowest BCUT2D eigenvalue weighted by atomic mass is 10.2. The molecule has 4 nitrogen and oxygen atoms in total. The highest BCUT2D eigenvalue weighted by atomic mass is 16.1. The van der Waals surface area contributed by atoms with Crippen LogP contribution in [0.3, 0.4) is 0 Å². The number of para-hydroxylation sites is 1. The number of aromatic nitrogens is 1. The van der Waals surface area contributed by atoms with Gasteiger partial charge in [-0.25, -0.2) is 0 Å². The zero-order valence-corrected chi connectivity index (χ0v) is 12.3. The van der Waals surface area contributed by atoms with E-state index in [1.807, 2.05) is 48.1 Å². The molecule has 0 atom stereocenters. The molecule has 1 aliphatic carbocycles. The Balaban J connectivity index is 1.53. The summed E-state index contributed by atoms with van der Waals surface area (Å²) < 4.78 is 1.93. The third kappa shape index (κ3) is 3.95. The minimum atomic E-state index is 0.00148. The van der Waals surface area contributed by atoms with Crippen molar-refractivity contribution in [3.8, 4) is 0 Å². The summed E-state index contributed by atoms with van der Waals surface area (Å²) in [6.45, 7) is 3.22. The Morgan fingerprint density at radius 1 is 1.29 bits per heavy atom. The van der Waals surface area contributed by atoms with Gasteiger partial charge >= 0.3 is 0 Å². The number of hydrogen-bond donors (Lipinski definition) is 2. The molecule has 21 heavy (non-hydrogen) atoms. The summed E-state index contributed by atoms with van der Waals surface area (Å²) in [7, 11) is 0. The van der Waals surface area contributed by atoms with Crippen LogP contribution >= 0.6 is 0 Å². The lowest BCUT2D eigenvalue weighted by Gasteiger charge is -2.08. The fourth-order valence-electron chi connectivity index (χ4n) is 2.31. The summed E-state index contributed by atoms with van der Waals surface area (Å²) in [5, 5.41) is 6.43. The molecule has 110 valence electrons. The number of benzene rings is 1. The van der Waals surface area contributed by atoms with E-state index in [1.165, 1.54) is 18.4 Å². The number of rotatable bonds is 6. The van der Waals surface area contributed by atoms with Crippen LogP contribution in [0.5, 0.6) is 0 Å². The molecule has 1 amide bonds. The highest BCUT2D eigenvalue weighted by Crippen LogP contribution is 2.19. The minimum absolute atomic E-state index is 0.00148. The standard InChI is InChI=1S/C17H21N3O/c1-13-4-2-3-5-16(13)19-17(21)12-20-9-8-14(11-20)10-18-15-6-7-15/h2-5,8-9,11,15,18H,6-7,10,12H2,1H3,(H,19,21). The zero-order chi connectivity index (χ0) is 14.7. The summed E-state index contributed by atoms with van der Waals surface area (Å²) in [4.78, 5) is 12.1. The molecule has 2 N–H and O–H groups in total. The average Bonchev–Trinajstić information content (AvgIpc) is 3.19. The Bertz CT molecular complexity index is 628. The molecular weight excluding hydrogens is 262 g/mol. The van der Waals surface area contributed by atoms with Gasteiger partial charge in [-0.15, -0.1) is 0 Å². The van der Waals surface area contributed by atoms with Crippen LogP contribution in [0.15, 0.2) is 42.7 Å². The predicted octanol–water partition coefficient (Wildman–Crippen LogP) is 2.69. The third-order valence-corrected chi connectivity index (χ3v) is 3.73. The molecule has 4 heteroatoms. The van der Waals surface area contributed by atoms with Crippen molar-refractivity contribution in [2.45, 2.75) is 38.9 Å². The van der Waals surface area contributed by atoms with Gasteiger partial charge in [0.25, 0.3) is 0 Å². The second kappa shape index (κ2) is 6.14. The van der Waals surface area contributed by atoms with Gasteiger partial charge in [-0.05, 0) is 43.0 Å². The molecule has 1 heterocycles. The van der Waals surface area contributed by atoms with Crippen LogP contribution in [-0.2, 0) is 17.9 Å². The van der Waals surface area contributed by atoms with Crippen molar-refractivity contribution < 1.29 is 4.79 Å². The fraction of sp³-hybridized carbons (Fsp3) is 0.353. The quantitative estimate of drug-likeness (QED) is 0.856. The lowest BCUT2D eigenvalue weighted by Crippen LogP contribution is -2.18. The van der Waals surface area contributed by atoms with Crippen LogP contribution in [0.25, 0.3) is 0 Å². The van der Waals surface area contributed by atoms with Crippen LogP contribution in [0.1, 0.15) is 24.0 Å². The molecule has 3 rings (SSSR count). The first-order valence-electron chi connectivity index (χ1n) is 7.44. The van der Waals surface area contributed by atoms with Crippen LogP contribution < -0.4 is 10.6 Å². The molecule has 0 aliphatic heterocycles. The molecular formula is C17H21N3O. The first kappa shape index (κ1) is 13.9. The molecule has 2 aromatic rings. The Morgan fingerprint density at radius 3 is 2.86 bits per heavy atom. The van der Waals surface area contributed by atoms with Crippen LogP contribution in [0.4, 0.5) is 5.69 Å². The van der Waals surface area contributed by atoms with E-state index in [4.69, 9.17) is 0 Å². The van der Waals surface area contributed by atoms with E-state index in [9.17, 15) is 4.79 Å². The van der Waals surface area contributed by atoms with Gasteiger partial charge in [0.1, 0.15) is 6.54 Å². The highest BCUT2D eigenvalue weighted by Gasteiger charge is 2.20. The first-order chi connectivity index (χ1) is 10.2. The van der Waals surface area contributed by atoms with Crippen molar-refractivity contribution in [3.05, 3.63) is 53.9 Å². The van der Waals surface area contributed by atoms with E-state index in [1.54, 1.807) is 0 Å². The van der Waals surface area contributed by atoms with Gasteiger partial charge in [0.05, 0.1) is 0 Å². The van der Waals surface area contributed by atoms with Gasteiger partial charge in [0.2, 0.25) is 5.91 Å². The molecule has 1 fully saturated rings. The normalized spacial score (nSPS) is 14.1. The van der Waals surface area contributed by atoms with E-state index in [2.05, 4.69) is 16.7 Å². The number of carbonyl (C=O) groups is 1. The van der Waals surface area contributed by atoms with Crippen LogP contribution in [0.2, 0.25) is 0 Å². The van der Waals surface area contributed by atoms with E-state index in [-0.39, 0.29) is 5.91 Å². The highest BCUT2D eigenvalue weighted by molar-refractivity contribution is 5.91. The molecule has 1 aromatic carbocycles. The molecule has 1 saturated carbocycles. The third-order valence-electron chi connectivity index (χ3n) is 3.73. The Labute approximate surface area is 125 Å². The molecule has 0 spiro atoms. The Morgan fingerprint density at radius 2 is 2.10 bits per heavy atom. The Hall–Kier alpha value is -2.07. The summed E-state index contributed by atoms with van der Waals surface area (Å²) in [5.74, 6) is 0.00148. The molecule has 0 bridgehead atoms. The number of carbonyl (C=O) groups excluding carboxylic acids is 1. The van der Waals surface area contributed by atoms with Crippen molar-refractivity contribution in [1.82, 2.24) is 9.88 Å². The van der Waals surface area contributed by atoms with Gasteiger partial charge < -0.3 is 15.2 Å². The minimum Gasteiger partial charge on any atom is -0.345 e. The smallest absolute Gasteiger partial charge is 0.244 e. The van der Waals surface area contributed by atoms with Crippen molar-refractivity contribution in [1.29, 1.82) is 0 Å². The lowest BCUT2D eigenvalue weighted by molar-refractivity contribution is -0.116. The summed E-state index contributed by atoms with van der Waals surface area (Å²) >= 11 is 0. The molecule has 0 saturated heterocycles. The topological polar surface area (TPSA) is 46.1 Å². The zero-order valence-electron chi connectivity index (χ0n) is 12.3. The number of nitrogens with one attached hydrogen (secondary N) is 2. The van der Waals surface area contributed by atoms with Crippen molar-refractivity contribution in [2.75, 3.05) is 5.32 Å². The van der Waals surface area contributed by atoms with Gasteiger partial charge in [0.15, 0.2) is 0 Å². The number of nitrogens with zero attached hydrogens (tertiary/aromatic N) is 1. The number of hydrogen-bond acceptors (Lipinski definition) is 2. The van der Waals surface area contributed by atoms with Crippen molar-refractivity contribution in [2.24, 2.45) is 0 Å². The van der Waals surface area contributed by atoms with Crippen molar-refractivity contribution >= 4 is 11.6 Å². The van der Waals surface area contributed by atoms with E-state index in [0.717, 1.165) is 17.8 Å². The van der Waals surface area contributed by atoms with Gasteiger partial charge in [0, 0.05) is 30.7 Å². The maximum absolute atomic E-state index is 12.1. The molecule has 1 aromatic heterocycles. The summed E-state index contributed by atoms with van der Waals surface area (Å²) in [5.41, 5.74) is 3.18. The monoisotopic (exact) mass is 283 g/mol. The Kier molecular flexibility index (Phi) is 4.06. The predicted molar refractivity (Wildman–Crippen MR) is 84.1 cm³/mol. The second-order valence-corrected chi connectivity index (χ2v) is 5.71. The van der Waals surface area contributed by atoms with Gasteiger partial charge in [-0.1, -0.05) is 18.2 Å². The van der Waals surface area contributed by atoms with E-state index < -0.39 is 0 Å². The van der Waals surface area contributed by atoms with Crippen LogP contribution in [0, 0.1) is 6.92 Å². The summed E-state index contributed by atoms with van der Waals surface area (Å²) in [6, 6.07) is 10.6. The molecule has 1 aliphatic rings. The molecule has 0 radical (unpaired) electrons. The first-order valence-corrected chi connectivity index (χ1v) is 7.44. The molecule has 0 unspecified atom stereocenters. The maximum Gasteiger partial charge on any atom is 0.244 e. The second-order valence-electron chi connectivity index (χ2n) is 5.71. The van der Waals surface area contributed by atoms with Crippen molar-refractivity contribution in [3.63, 3.8) is 0 Å². The number of aryl methyl sites for hydroxylation is 1. The van der Waals surface area contributed by atoms with Crippen LogP contribution in [-0.4, -0.2) is 16.5 Å². The maximum atomic E-state index is 12.1. The van der Waals surface area contributed by atoms with E-state index in [0.29, 0.717) is 12.6 Å². The largest absolute Gasteiger partial charge is 0.345 e. The van der Waals surface area contributed by atoms with E-state index >= 15 is 0 Å². The number of anilines is 1. The average molecular weight is 283 g/mol.